The van der Waals surface area contributed by atoms with Crippen LogP contribution in [0, 0.1) is 0 Å². The van der Waals surface area contributed by atoms with Gasteiger partial charge in [-0.05, 0) is 37.5 Å². The molecule has 1 fully saturated rings. The van der Waals surface area contributed by atoms with Gasteiger partial charge in [-0.1, -0.05) is 0 Å². The maximum Gasteiger partial charge on any atom is 0.424 e. The Bertz CT molecular complexity index is 870. The zero-order valence-corrected chi connectivity index (χ0v) is 11.9. The average Bonchev–Trinajstić information content (AvgIpc) is 3.11. The van der Waals surface area contributed by atoms with Crippen molar-refractivity contribution in [3.05, 3.63) is 41.2 Å². The summed E-state index contributed by atoms with van der Waals surface area (Å²) in [5.74, 6) is 0.0359. The lowest BCUT2D eigenvalue weighted by Gasteiger charge is -2.23. The van der Waals surface area contributed by atoms with Crippen molar-refractivity contribution >= 4 is 16.6 Å². The summed E-state index contributed by atoms with van der Waals surface area (Å²) in [7, 11) is 0. The highest BCUT2D eigenvalue weighted by molar-refractivity contribution is 5.89. The first-order chi connectivity index (χ1) is 10.7. The zero-order valence-electron chi connectivity index (χ0n) is 11.9. The predicted octanol–water partition coefficient (Wildman–Crippen LogP) is 2.06. The molecule has 3 heterocycles. The number of aromatic nitrogens is 3. The summed E-state index contributed by atoms with van der Waals surface area (Å²) in [6.07, 6.45) is 5.85. The maximum atomic E-state index is 11.8. The maximum absolute atomic E-state index is 11.8. The van der Waals surface area contributed by atoms with Crippen LogP contribution in [0.25, 0.3) is 16.7 Å². The van der Waals surface area contributed by atoms with Crippen molar-refractivity contribution in [3.8, 4) is 5.82 Å². The van der Waals surface area contributed by atoms with Crippen LogP contribution in [0.15, 0.2) is 39.9 Å². The molecule has 1 aromatic carbocycles. The average molecular weight is 300 g/mol. The molecule has 114 valence electrons. The zero-order chi connectivity index (χ0) is 15.1. The van der Waals surface area contributed by atoms with Crippen LogP contribution in [0.2, 0.25) is 0 Å². The Hall–Kier alpha value is -2.54. The van der Waals surface area contributed by atoms with Gasteiger partial charge in [-0.3, -0.25) is 0 Å². The van der Waals surface area contributed by atoms with Gasteiger partial charge in [0.05, 0.1) is 11.7 Å². The van der Waals surface area contributed by atoms with Crippen molar-refractivity contribution in [2.75, 3.05) is 12.3 Å². The van der Waals surface area contributed by atoms with Crippen LogP contribution in [0.4, 0.5) is 5.69 Å². The molecule has 1 unspecified atom stereocenters. The van der Waals surface area contributed by atoms with E-state index in [4.69, 9.17) is 14.9 Å². The van der Waals surface area contributed by atoms with Gasteiger partial charge in [0.1, 0.15) is 6.26 Å². The summed E-state index contributed by atoms with van der Waals surface area (Å²) in [6.45, 7) is 0.724. The molecule has 1 atom stereocenters. The molecule has 7 nitrogen and oxygen atoms in total. The van der Waals surface area contributed by atoms with Crippen molar-refractivity contribution in [2.45, 2.75) is 25.5 Å². The Labute approximate surface area is 125 Å². The van der Waals surface area contributed by atoms with Crippen molar-refractivity contribution in [1.29, 1.82) is 0 Å². The minimum absolute atomic E-state index is 0.115. The van der Waals surface area contributed by atoms with Crippen molar-refractivity contribution in [3.63, 3.8) is 0 Å². The number of oxazole rings is 1. The van der Waals surface area contributed by atoms with E-state index in [0.29, 0.717) is 11.5 Å². The highest BCUT2D eigenvalue weighted by atomic mass is 16.5. The molecular weight excluding hydrogens is 284 g/mol. The number of fused-ring (bicyclic) bond motifs is 1. The molecule has 0 bridgehead atoms. The van der Waals surface area contributed by atoms with E-state index in [0.717, 1.165) is 36.8 Å². The lowest BCUT2D eigenvalue weighted by atomic mass is 10.2. The Morgan fingerprint density at radius 2 is 2.23 bits per heavy atom. The fourth-order valence-electron chi connectivity index (χ4n) is 2.88. The van der Waals surface area contributed by atoms with E-state index in [9.17, 15) is 4.79 Å². The molecule has 22 heavy (non-hydrogen) atoms. The van der Waals surface area contributed by atoms with Gasteiger partial charge in [0, 0.05) is 17.7 Å². The van der Waals surface area contributed by atoms with Gasteiger partial charge < -0.3 is 14.9 Å². The van der Waals surface area contributed by atoms with Gasteiger partial charge in [-0.2, -0.15) is 5.10 Å². The standard InChI is InChI=1S/C15H16N4O3/c16-10-4-5-12-11(9-10)14(18-6-8-22-15(18)20)17-19(12)13-3-1-2-7-21-13/h4-6,8-9,13H,1-3,7,16H2. The smallest absolute Gasteiger partial charge is 0.416 e. The Morgan fingerprint density at radius 3 is 2.95 bits per heavy atom. The van der Waals surface area contributed by atoms with Crippen molar-refractivity contribution in [2.24, 2.45) is 0 Å². The van der Waals surface area contributed by atoms with Crippen LogP contribution in [0.1, 0.15) is 25.5 Å². The molecule has 0 radical (unpaired) electrons. The topological polar surface area (TPSA) is 88.2 Å². The van der Waals surface area contributed by atoms with Crippen LogP contribution >= 0.6 is 0 Å². The van der Waals surface area contributed by atoms with E-state index in [1.807, 2.05) is 22.9 Å². The van der Waals surface area contributed by atoms with E-state index in [2.05, 4.69) is 5.10 Å². The Kier molecular flexibility index (Phi) is 3.00. The van der Waals surface area contributed by atoms with Crippen LogP contribution in [-0.2, 0) is 4.74 Å². The predicted molar refractivity (Wildman–Crippen MR) is 80.8 cm³/mol. The van der Waals surface area contributed by atoms with Gasteiger partial charge in [-0.25, -0.2) is 14.0 Å². The van der Waals surface area contributed by atoms with E-state index in [-0.39, 0.29) is 6.23 Å². The highest BCUT2D eigenvalue weighted by Crippen LogP contribution is 2.30. The van der Waals surface area contributed by atoms with E-state index < -0.39 is 5.76 Å². The first-order valence-corrected chi connectivity index (χ1v) is 7.30. The number of hydrogen-bond acceptors (Lipinski definition) is 5. The minimum Gasteiger partial charge on any atom is -0.416 e. The van der Waals surface area contributed by atoms with Gasteiger partial charge in [0.25, 0.3) is 0 Å². The molecular formula is C15H16N4O3. The molecule has 1 aliphatic heterocycles. The number of nitrogens with two attached hydrogens (primary N) is 1. The molecule has 7 heteroatoms. The third kappa shape index (κ3) is 2.01. The second-order valence-corrected chi connectivity index (χ2v) is 5.40. The monoisotopic (exact) mass is 300 g/mol. The van der Waals surface area contributed by atoms with Crippen molar-refractivity contribution < 1.29 is 9.15 Å². The number of nitrogen functional groups attached to an aromatic ring is 1. The minimum atomic E-state index is -0.474. The number of ether oxygens (including phenoxy) is 1. The summed E-state index contributed by atoms with van der Waals surface area (Å²) in [6, 6.07) is 5.55. The number of nitrogens with zero attached hydrogens (tertiary/aromatic N) is 3. The van der Waals surface area contributed by atoms with E-state index in [1.165, 1.54) is 10.8 Å². The molecule has 0 amide bonds. The normalized spacial score (nSPS) is 18.8. The van der Waals surface area contributed by atoms with Crippen LogP contribution < -0.4 is 11.5 Å². The number of benzene rings is 1. The largest absolute Gasteiger partial charge is 0.424 e. The Morgan fingerprint density at radius 1 is 1.32 bits per heavy atom. The quantitative estimate of drug-likeness (QED) is 0.732. The lowest BCUT2D eigenvalue weighted by Crippen LogP contribution is -2.20. The van der Waals surface area contributed by atoms with Gasteiger partial charge >= 0.3 is 5.76 Å². The number of anilines is 1. The number of rotatable bonds is 2. The van der Waals surface area contributed by atoms with Gasteiger partial charge in [-0.15, -0.1) is 0 Å². The lowest BCUT2D eigenvalue weighted by molar-refractivity contribution is -0.0366. The van der Waals surface area contributed by atoms with Gasteiger partial charge in [0.2, 0.25) is 0 Å². The first-order valence-electron chi connectivity index (χ1n) is 7.30. The molecule has 3 aromatic rings. The second-order valence-electron chi connectivity index (χ2n) is 5.40. The molecule has 1 saturated heterocycles. The SMILES string of the molecule is Nc1ccc2c(c1)c(-n1ccoc1=O)nn2C1CCCCO1. The van der Waals surface area contributed by atoms with E-state index in [1.54, 1.807) is 6.20 Å². The van der Waals surface area contributed by atoms with Crippen LogP contribution in [-0.4, -0.2) is 21.0 Å². The first kappa shape index (κ1) is 13.1. The molecule has 2 aromatic heterocycles. The summed E-state index contributed by atoms with van der Waals surface area (Å²) < 4.78 is 13.9. The Balaban J connectivity index is 1.95. The summed E-state index contributed by atoms with van der Waals surface area (Å²) >= 11 is 0. The fraction of sp³-hybridized carbons (Fsp3) is 0.333. The third-order valence-electron chi connectivity index (χ3n) is 3.94. The third-order valence-corrected chi connectivity index (χ3v) is 3.94. The molecule has 2 N–H and O–H groups in total. The van der Waals surface area contributed by atoms with Crippen molar-refractivity contribution in [1.82, 2.24) is 14.3 Å². The fourth-order valence-corrected chi connectivity index (χ4v) is 2.88. The van der Waals surface area contributed by atoms with E-state index >= 15 is 0 Å². The summed E-state index contributed by atoms with van der Waals surface area (Å²) in [4.78, 5) is 11.8. The molecule has 0 spiro atoms. The summed E-state index contributed by atoms with van der Waals surface area (Å²) in [5.41, 5.74) is 7.41. The molecule has 0 saturated carbocycles. The van der Waals surface area contributed by atoms with Crippen LogP contribution in [0.3, 0.4) is 0 Å². The molecule has 0 aliphatic carbocycles. The van der Waals surface area contributed by atoms with Gasteiger partial charge in [0.15, 0.2) is 12.0 Å². The second kappa shape index (κ2) is 5.03. The van der Waals surface area contributed by atoms with Crippen LogP contribution in [0.5, 0.6) is 0 Å². The summed E-state index contributed by atoms with van der Waals surface area (Å²) in [5, 5.41) is 5.40. The molecule has 4 rings (SSSR count). The molecule has 1 aliphatic rings. The highest BCUT2D eigenvalue weighted by Gasteiger charge is 2.22. The number of hydrogen-bond donors (Lipinski definition) is 1.